The van der Waals surface area contributed by atoms with Gasteiger partial charge in [-0.15, -0.1) is 0 Å². The number of Topliss-reactive ketones (excluding diaryl/α,β-unsaturated/α-hetero) is 1. The fourth-order valence-electron chi connectivity index (χ4n) is 9.44. The Bertz CT molecular complexity index is 1550. The summed E-state index contributed by atoms with van der Waals surface area (Å²) in [5.74, 6) is -2.80. The molecule has 2 bridgehead atoms. The summed E-state index contributed by atoms with van der Waals surface area (Å²) in [7, 11) is -2.49. The monoisotopic (exact) mass is 746 g/mol. The number of esters is 2. The number of thioether (sulfide) groups is 1. The number of ether oxygens (including phenoxy) is 4. The highest BCUT2D eigenvalue weighted by atomic mass is 32.2. The molecule has 1 heterocycles. The van der Waals surface area contributed by atoms with E-state index in [9.17, 15) is 24.6 Å². The Morgan fingerprint density at radius 2 is 1.65 bits per heavy atom. The van der Waals surface area contributed by atoms with Crippen LogP contribution < -0.4 is 0 Å². The van der Waals surface area contributed by atoms with E-state index in [2.05, 4.69) is 20.8 Å². The normalized spacial score (nSPS) is 35.7. The molecule has 1 aliphatic heterocycles. The number of hydrogen-bond donors (Lipinski definition) is 2. The van der Waals surface area contributed by atoms with Gasteiger partial charge in [0.15, 0.2) is 25.8 Å². The minimum Gasteiger partial charge on any atom is -0.455 e. The number of rotatable bonds is 10. The van der Waals surface area contributed by atoms with E-state index < -0.39 is 89.8 Å². The van der Waals surface area contributed by atoms with Crippen molar-refractivity contribution in [2.24, 2.45) is 16.7 Å². The molecule has 3 aliphatic carbocycles. The zero-order valence-electron chi connectivity index (χ0n) is 31.3. The maximum atomic E-state index is 15.8. The summed E-state index contributed by atoms with van der Waals surface area (Å²) in [6.07, 6.45) is -6.09. The third kappa shape index (κ3) is 6.23. The van der Waals surface area contributed by atoms with Crippen LogP contribution in [0.15, 0.2) is 41.5 Å². The van der Waals surface area contributed by atoms with E-state index >= 15 is 4.79 Å². The maximum Gasteiger partial charge on any atom is 0.368 e. The summed E-state index contributed by atoms with van der Waals surface area (Å²) in [4.78, 5) is 56.4. The lowest BCUT2D eigenvalue weighted by Gasteiger charge is -2.68. The van der Waals surface area contributed by atoms with Crippen molar-refractivity contribution < 1.29 is 52.8 Å². The van der Waals surface area contributed by atoms with Crippen molar-refractivity contribution in [3.63, 3.8) is 0 Å². The van der Waals surface area contributed by atoms with Gasteiger partial charge in [-0.2, -0.15) is 0 Å². The molecule has 5 rings (SSSR count). The van der Waals surface area contributed by atoms with E-state index in [4.69, 9.17) is 23.4 Å². The van der Waals surface area contributed by atoms with Gasteiger partial charge in [-0.05, 0) is 67.0 Å². The molecular formula is C38H54O11SSi. The highest BCUT2D eigenvalue weighted by Gasteiger charge is 2.78. The van der Waals surface area contributed by atoms with E-state index in [-0.39, 0.29) is 30.6 Å². The average molecular weight is 747 g/mol. The Balaban J connectivity index is 1.88. The summed E-state index contributed by atoms with van der Waals surface area (Å²) in [6, 6.07) is 10.6. The highest BCUT2D eigenvalue weighted by Crippen LogP contribution is 2.65. The number of carbonyl (C=O) groups excluding carboxylic acids is 4. The van der Waals surface area contributed by atoms with E-state index in [0.717, 1.165) is 29.9 Å². The Kier molecular flexibility index (Phi) is 11.2. The van der Waals surface area contributed by atoms with Crippen molar-refractivity contribution in [3.05, 3.63) is 47.0 Å². The van der Waals surface area contributed by atoms with Crippen molar-refractivity contribution in [2.45, 2.75) is 135 Å². The number of benzene rings is 1. The van der Waals surface area contributed by atoms with Gasteiger partial charge in [-0.25, -0.2) is 9.59 Å². The molecule has 13 heteroatoms. The number of hydrogen-bond acceptors (Lipinski definition) is 12. The van der Waals surface area contributed by atoms with Crippen LogP contribution in [-0.2, 0) is 33.0 Å². The third-order valence-corrected chi connectivity index (χ3v) is 18.0. The van der Waals surface area contributed by atoms with Crippen LogP contribution in [0.4, 0.5) is 4.79 Å². The van der Waals surface area contributed by atoms with Crippen LogP contribution in [0.25, 0.3) is 0 Å². The lowest BCUT2D eigenvalue weighted by molar-refractivity contribution is -0.344. The molecule has 282 valence electrons. The van der Waals surface area contributed by atoms with Crippen LogP contribution in [0.2, 0.25) is 18.1 Å². The van der Waals surface area contributed by atoms with Crippen LogP contribution >= 0.6 is 11.8 Å². The van der Waals surface area contributed by atoms with Crippen LogP contribution in [-0.4, -0.2) is 95.6 Å². The minimum atomic E-state index is -2.49. The second-order valence-electron chi connectivity index (χ2n) is 15.3. The van der Waals surface area contributed by atoms with Crippen molar-refractivity contribution in [2.75, 3.05) is 12.4 Å². The Hall–Kier alpha value is -2.55. The van der Waals surface area contributed by atoms with Crippen LogP contribution in [0.3, 0.4) is 0 Å². The van der Waals surface area contributed by atoms with Gasteiger partial charge >= 0.3 is 17.2 Å². The van der Waals surface area contributed by atoms with Crippen molar-refractivity contribution in [1.82, 2.24) is 0 Å². The fourth-order valence-corrected chi connectivity index (χ4v) is 12.8. The summed E-state index contributed by atoms with van der Waals surface area (Å²) < 4.78 is 32.2. The molecule has 4 aliphatic rings. The predicted molar refractivity (Wildman–Crippen MR) is 194 cm³/mol. The van der Waals surface area contributed by atoms with Gasteiger partial charge in [0.25, 0.3) is 0 Å². The molecule has 1 saturated heterocycles. The van der Waals surface area contributed by atoms with Crippen molar-refractivity contribution >= 4 is 43.1 Å². The van der Waals surface area contributed by atoms with Crippen LogP contribution in [0, 0.1) is 16.7 Å². The lowest BCUT2D eigenvalue weighted by atomic mass is 9.44. The first-order valence-electron chi connectivity index (χ1n) is 18.2. The molecule has 3 fully saturated rings. The molecular weight excluding hydrogens is 693 g/mol. The smallest absolute Gasteiger partial charge is 0.368 e. The van der Waals surface area contributed by atoms with Gasteiger partial charge in [-0.1, -0.05) is 59.7 Å². The molecule has 2 N–H and O–H groups in total. The zero-order chi connectivity index (χ0) is 37.7. The van der Waals surface area contributed by atoms with E-state index in [1.807, 2.05) is 0 Å². The quantitative estimate of drug-likeness (QED) is 0.125. The second-order valence-corrected chi connectivity index (χ2v) is 21.2. The topological polar surface area (TPSA) is 155 Å². The molecule has 9 atom stereocenters. The Morgan fingerprint density at radius 1 is 1.02 bits per heavy atom. The van der Waals surface area contributed by atoms with Gasteiger partial charge in [0, 0.05) is 30.9 Å². The van der Waals surface area contributed by atoms with Gasteiger partial charge in [0.05, 0.1) is 35.7 Å². The molecule has 0 spiro atoms. The zero-order valence-corrected chi connectivity index (χ0v) is 33.1. The summed E-state index contributed by atoms with van der Waals surface area (Å²) in [6.45, 7) is 16.0. The molecule has 11 nitrogen and oxygen atoms in total. The number of fused-ring (bicyclic) bond motifs is 5. The third-order valence-electron chi connectivity index (χ3n) is 12.7. The molecule has 51 heavy (non-hydrogen) atoms. The first kappa shape index (κ1) is 39.6. The van der Waals surface area contributed by atoms with Crippen LogP contribution in [0.5, 0.6) is 0 Å². The number of ketones is 1. The first-order chi connectivity index (χ1) is 23.9. The molecule has 1 aromatic carbocycles. The average Bonchev–Trinajstić information content (AvgIpc) is 3.08. The summed E-state index contributed by atoms with van der Waals surface area (Å²) in [5.41, 5.74) is -5.86. The number of carbonyl (C=O) groups is 4. The number of aliphatic hydroxyl groups is 2. The molecule has 2 saturated carbocycles. The van der Waals surface area contributed by atoms with E-state index in [1.54, 1.807) is 65.0 Å². The van der Waals surface area contributed by atoms with E-state index in [0.29, 0.717) is 11.3 Å². The largest absolute Gasteiger partial charge is 0.455 e. The summed E-state index contributed by atoms with van der Waals surface area (Å²) in [5, 5.41) is 24.3. The SMILES string of the molecule is CCSC(=O)O[C@H]1C(=O)[C@]2(C)[C@@H](O[Si](CC)(CC)CC)C[C@H]3OC[C@@]3(OC(C)=O)[C@H]2[C@H](OC(=O)c2ccccc2)[C@]2(O)C[C@H](O)C(C)=C1C2(C)C. The Labute approximate surface area is 306 Å². The second kappa shape index (κ2) is 14.4. The maximum absolute atomic E-state index is 15.8. The van der Waals surface area contributed by atoms with Gasteiger partial charge in [0.1, 0.15) is 17.8 Å². The molecule has 1 aromatic rings. The Morgan fingerprint density at radius 3 is 2.18 bits per heavy atom. The first-order valence-corrected chi connectivity index (χ1v) is 21.7. The van der Waals surface area contributed by atoms with Crippen LogP contribution in [0.1, 0.15) is 85.5 Å². The van der Waals surface area contributed by atoms with Gasteiger partial charge in [-0.3, -0.25) is 9.59 Å². The highest BCUT2D eigenvalue weighted by molar-refractivity contribution is 8.13. The van der Waals surface area contributed by atoms with Gasteiger partial charge in [0.2, 0.25) is 0 Å². The minimum absolute atomic E-state index is 0.133. The molecule has 0 aromatic heterocycles. The molecule has 0 unspecified atom stereocenters. The molecule has 0 amide bonds. The standard InChI is InChI=1S/C38H54O11SSi/c1-10-50-34(43)46-29-28-22(5)25(40)20-38(44,35(28,7)8)32(47-33(42)24-17-15-14-16-18-24)30-36(9,31(29)41)26(49-51(11-2,12-3)13-4)19-27-37(30,21-45-27)48-23(6)39/h14-18,25-27,29-30,32,40,44H,10-13,19-21H2,1-9H3/t25-,26-,27+,29+,30-,32-,36+,37-,38+/m0/s1. The van der Waals surface area contributed by atoms with E-state index in [1.165, 1.54) is 6.92 Å². The lowest BCUT2D eigenvalue weighted by Crippen LogP contribution is -2.82. The van der Waals surface area contributed by atoms with Gasteiger partial charge < -0.3 is 33.6 Å². The summed E-state index contributed by atoms with van der Waals surface area (Å²) >= 11 is 0.904. The fraction of sp³-hybridized carbons (Fsp3) is 0.684. The molecule has 0 radical (unpaired) electrons. The predicted octanol–water partition coefficient (Wildman–Crippen LogP) is 6.01. The number of aliphatic hydroxyl groups excluding tert-OH is 1. The van der Waals surface area contributed by atoms with Crippen molar-refractivity contribution in [1.29, 1.82) is 0 Å². The van der Waals surface area contributed by atoms with Crippen molar-refractivity contribution in [3.8, 4) is 0 Å².